The SMILES string of the molecule is O=C(NC1CCN(CC(F)(F)F)CC1)c1cnc(-c2cccc(CO)c2)nc1. The number of rotatable bonds is 5. The Labute approximate surface area is 160 Å². The van der Waals surface area contributed by atoms with Crippen LogP contribution < -0.4 is 5.32 Å². The van der Waals surface area contributed by atoms with Crippen LogP contribution in [0.4, 0.5) is 13.2 Å². The summed E-state index contributed by atoms with van der Waals surface area (Å²) in [6.45, 7) is -0.418. The van der Waals surface area contributed by atoms with Crippen LogP contribution in [0.2, 0.25) is 0 Å². The van der Waals surface area contributed by atoms with Crippen molar-refractivity contribution in [1.29, 1.82) is 0 Å². The zero-order valence-corrected chi connectivity index (χ0v) is 15.1. The molecule has 9 heteroatoms. The first kappa shape index (κ1) is 20.2. The minimum atomic E-state index is -4.20. The maximum atomic E-state index is 12.4. The summed E-state index contributed by atoms with van der Waals surface area (Å²) < 4.78 is 37.3. The van der Waals surface area contributed by atoms with Crippen LogP contribution >= 0.6 is 0 Å². The van der Waals surface area contributed by atoms with Gasteiger partial charge in [-0.15, -0.1) is 0 Å². The number of hydrogen-bond donors (Lipinski definition) is 2. The Morgan fingerprint density at radius 2 is 1.89 bits per heavy atom. The molecule has 1 aromatic carbocycles. The number of aliphatic hydroxyl groups is 1. The fourth-order valence-corrected chi connectivity index (χ4v) is 3.16. The van der Waals surface area contributed by atoms with E-state index in [2.05, 4.69) is 15.3 Å². The molecule has 1 aliphatic rings. The van der Waals surface area contributed by atoms with Gasteiger partial charge in [0, 0.05) is 37.1 Å². The average molecular weight is 394 g/mol. The van der Waals surface area contributed by atoms with Crippen molar-refractivity contribution < 1.29 is 23.1 Å². The topological polar surface area (TPSA) is 78.4 Å². The van der Waals surface area contributed by atoms with Crippen LogP contribution in [-0.4, -0.2) is 57.7 Å². The van der Waals surface area contributed by atoms with Crippen molar-refractivity contribution in [3.63, 3.8) is 0 Å². The van der Waals surface area contributed by atoms with Gasteiger partial charge in [-0.3, -0.25) is 9.69 Å². The second kappa shape index (κ2) is 8.66. The van der Waals surface area contributed by atoms with Crippen molar-refractivity contribution >= 4 is 5.91 Å². The third-order valence-corrected chi connectivity index (χ3v) is 4.61. The molecule has 0 radical (unpaired) electrons. The highest BCUT2D eigenvalue weighted by atomic mass is 19.4. The predicted octanol–water partition coefficient (Wildman–Crippen LogP) is 2.39. The fraction of sp³-hybridized carbons (Fsp3) is 0.421. The Hall–Kier alpha value is -2.52. The molecule has 2 heterocycles. The van der Waals surface area contributed by atoms with Gasteiger partial charge >= 0.3 is 6.18 Å². The first-order chi connectivity index (χ1) is 13.3. The average Bonchev–Trinajstić information content (AvgIpc) is 2.68. The molecule has 28 heavy (non-hydrogen) atoms. The van der Waals surface area contributed by atoms with Gasteiger partial charge in [0.15, 0.2) is 5.82 Å². The van der Waals surface area contributed by atoms with E-state index in [1.165, 1.54) is 17.3 Å². The minimum Gasteiger partial charge on any atom is -0.392 e. The third-order valence-electron chi connectivity index (χ3n) is 4.61. The molecule has 2 aromatic rings. The number of amides is 1. The molecule has 1 aliphatic heterocycles. The van der Waals surface area contributed by atoms with Crippen molar-refractivity contribution in [2.75, 3.05) is 19.6 Å². The van der Waals surface area contributed by atoms with Gasteiger partial charge in [0.1, 0.15) is 0 Å². The largest absolute Gasteiger partial charge is 0.401 e. The standard InChI is InChI=1S/C19H21F3N4O2/c20-19(21,22)12-26-6-4-16(5-7-26)25-18(28)15-9-23-17(24-10-15)14-3-1-2-13(8-14)11-27/h1-3,8-10,16,27H,4-7,11-12H2,(H,25,28). The van der Waals surface area contributed by atoms with Crippen molar-refractivity contribution in [2.45, 2.75) is 31.7 Å². The monoisotopic (exact) mass is 394 g/mol. The number of nitrogens with zero attached hydrogens (tertiary/aromatic N) is 3. The number of carbonyl (C=O) groups excluding carboxylic acids is 1. The molecule has 0 aliphatic carbocycles. The predicted molar refractivity (Wildman–Crippen MR) is 96.4 cm³/mol. The molecule has 6 nitrogen and oxygen atoms in total. The third kappa shape index (κ3) is 5.49. The summed E-state index contributed by atoms with van der Waals surface area (Å²) in [7, 11) is 0. The maximum absolute atomic E-state index is 12.4. The molecule has 150 valence electrons. The molecular weight excluding hydrogens is 373 g/mol. The maximum Gasteiger partial charge on any atom is 0.401 e. The van der Waals surface area contributed by atoms with E-state index < -0.39 is 12.7 Å². The van der Waals surface area contributed by atoms with Gasteiger partial charge < -0.3 is 10.4 Å². The molecular formula is C19H21F3N4O2. The van der Waals surface area contributed by atoms with E-state index in [0.717, 1.165) is 11.1 Å². The first-order valence-corrected chi connectivity index (χ1v) is 8.96. The van der Waals surface area contributed by atoms with Crippen LogP contribution in [-0.2, 0) is 6.61 Å². The smallest absolute Gasteiger partial charge is 0.392 e. The molecule has 1 aromatic heterocycles. The van der Waals surface area contributed by atoms with Gasteiger partial charge in [0.25, 0.3) is 5.91 Å². The highest BCUT2D eigenvalue weighted by Gasteiger charge is 2.32. The van der Waals surface area contributed by atoms with Gasteiger partial charge in [0.05, 0.1) is 18.7 Å². The van der Waals surface area contributed by atoms with E-state index in [9.17, 15) is 23.1 Å². The number of alkyl halides is 3. The number of likely N-dealkylation sites (tertiary alicyclic amines) is 1. The lowest BCUT2D eigenvalue weighted by Crippen LogP contribution is -2.47. The van der Waals surface area contributed by atoms with E-state index in [1.54, 1.807) is 18.2 Å². The van der Waals surface area contributed by atoms with Crippen molar-refractivity contribution in [3.05, 3.63) is 47.8 Å². The van der Waals surface area contributed by atoms with Gasteiger partial charge in [-0.25, -0.2) is 9.97 Å². The van der Waals surface area contributed by atoms with E-state index in [-0.39, 0.29) is 18.6 Å². The molecule has 1 amide bonds. The molecule has 2 N–H and O–H groups in total. The molecule has 3 rings (SSSR count). The Bertz CT molecular complexity index is 804. The summed E-state index contributed by atoms with van der Waals surface area (Å²) in [6.07, 6.45) is -0.431. The summed E-state index contributed by atoms with van der Waals surface area (Å²) in [5.41, 5.74) is 1.76. The number of carbonyl (C=O) groups is 1. The van der Waals surface area contributed by atoms with Gasteiger partial charge in [0.2, 0.25) is 0 Å². The highest BCUT2D eigenvalue weighted by Crippen LogP contribution is 2.20. The number of piperidine rings is 1. The quantitative estimate of drug-likeness (QED) is 0.814. The minimum absolute atomic E-state index is 0.0872. The first-order valence-electron chi connectivity index (χ1n) is 8.96. The van der Waals surface area contributed by atoms with Crippen molar-refractivity contribution in [2.24, 2.45) is 0 Å². The number of hydrogen-bond acceptors (Lipinski definition) is 5. The highest BCUT2D eigenvalue weighted by molar-refractivity contribution is 5.93. The lowest BCUT2D eigenvalue weighted by atomic mass is 10.0. The Morgan fingerprint density at radius 3 is 2.50 bits per heavy atom. The lowest BCUT2D eigenvalue weighted by molar-refractivity contribution is -0.148. The number of halogens is 3. The van der Waals surface area contributed by atoms with Crippen LogP contribution in [0.5, 0.6) is 0 Å². The fourth-order valence-electron chi connectivity index (χ4n) is 3.16. The number of aliphatic hydroxyl groups excluding tert-OH is 1. The molecule has 0 unspecified atom stereocenters. The van der Waals surface area contributed by atoms with E-state index in [0.29, 0.717) is 37.3 Å². The zero-order chi connectivity index (χ0) is 20.1. The molecule has 0 atom stereocenters. The van der Waals surface area contributed by atoms with Crippen LogP contribution in [0.3, 0.4) is 0 Å². The summed E-state index contributed by atoms with van der Waals surface area (Å²) in [5.74, 6) is 0.0947. The normalized spacial score (nSPS) is 16.1. The Balaban J connectivity index is 1.55. The number of nitrogens with one attached hydrogen (secondary N) is 1. The van der Waals surface area contributed by atoms with Crippen LogP contribution in [0, 0.1) is 0 Å². The van der Waals surface area contributed by atoms with Crippen LogP contribution in [0.25, 0.3) is 11.4 Å². The van der Waals surface area contributed by atoms with E-state index in [4.69, 9.17) is 0 Å². The van der Waals surface area contributed by atoms with Crippen LogP contribution in [0.15, 0.2) is 36.7 Å². The van der Waals surface area contributed by atoms with Gasteiger partial charge in [-0.2, -0.15) is 13.2 Å². The van der Waals surface area contributed by atoms with Gasteiger partial charge in [-0.1, -0.05) is 18.2 Å². The summed E-state index contributed by atoms with van der Waals surface area (Å²) in [4.78, 5) is 22.1. The summed E-state index contributed by atoms with van der Waals surface area (Å²) in [5, 5.41) is 12.0. The van der Waals surface area contributed by atoms with E-state index in [1.807, 2.05) is 6.07 Å². The van der Waals surface area contributed by atoms with E-state index >= 15 is 0 Å². The Kier molecular flexibility index (Phi) is 6.25. The molecule has 1 fully saturated rings. The summed E-state index contributed by atoms with van der Waals surface area (Å²) >= 11 is 0. The Morgan fingerprint density at radius 1 is 1.21 bits per heavy atom. The number of aromatic nitrogens is 2. The number of benzene rings is 1. The second-order valence-corrected chi connectivity index (χ2v) is 6.79. The molecule has 0 saturated carbocycles. The lowest BCUT2D eigenvalue weighted by Gasteiger charge is -2.32. The van der Waals surface area contributed by atoms with Crippen molar-refractivity contribution in [3.8, 4) is 11.4 Å². The second-order valence-electron chi connectivity index (χ2n) is 6.79. The zero-order valence-electron chi connectivity index (χ0n) is 15.1. The van der Waals surface area contributed by atoms with Gasteiger partial charge in [-0.05, 0) is 24.5 Å². The summed E-state index contributed by atoms with van der Waals surface area (Å²) in [6, 6.07) is 6.98. The van der Waals surface area contributed by atoms with Crippen molar-refractivity contribution in [1.82, 2.24) is 20.2 Å². The van der Waals surface area contributed by atoms with Crippen LogP contribution in [0.1, 0.15) is 28.8 Å². The molecule has 1 saturated heterocycles. The molecule has 0 bridgehead atoms. The molecule has 0 spiro atoms.